The highest BCUT2D eigenvalue weighted by Gasteiger charge is 2.38. The summed E-state index contributed by atoms with van der Waals surface area (Å²) in [6, 6.07) is 16.9. The summed E-state index contributed by atoms with van der Waals surface area (Å²) < 4.78 is 28.7. The molecule has 1 unspecified atom stereocenters. The lowest BCUT2D eigenvalue weighted by atomic mass is 10.0. The molecule has 140 valence electrons. The average molecular weight is 375 g/mol. The van der Waals surface area contributed by atoms with Gasteiger partial charge in [-0.3, -0.25) is 0 Å². The van der Waals surface area contributed by atoms with Crippen molar-refractivity contribution in [2.45, 2.75) is 31.8 Å². The molecule has 2 aromatic rings. The highest BCUT2D eigenvalue weighted by Crippen LogP contribution is 2.38. The van der Waals surface area contributed by atoms with Crippen LogP contribution in [0.1, 0.15) is 23.6 Å². The van der Waals surface area contributed by atoms with E-state index < -0.39 is 14.6 Å². The van der Waals surface area contributed by atoms with Gasteiger partial charge in [0.05, 0.1) is 6.61 Å². The van der Waals surface area contributed by atoms with E-state index >= 15 is 0 Å². The van der Waals surface area contributed by atoms with Crippen LogP contribution < -0.4 is 4.74 Å². The second kappa shape index (κ2) is 7.90. The summed E-state index contributed by atoms with van der Waals surface area (Å²) in [4.78, 5) is 0. The third-order valence-corrected chi connectivity index (χ3v) is 7.61. The van der Waals surface area contributed by atoms with Gasteiger partial charge in [-0.2, -0.15) is 0 Å². The predicted octanol–water partition coefficient (Wildman–Crippen LogP) is 3.89. The minimum absolute atomic E-state index is 0.510. The maximum atomic E-state index is 6.18. The molecule has 0 saturated heterocycles. The number of aryl methyl sites for hydroxylation is 1. The number of fused-ring (bicyclic) bond motifs is 1. The molecule has 3 rings (SSSR count). The molecule has 1 heterocycles. The Balaban J connectivity index is 1.73. The van der Waals surface area contributed by atoms with Crippen molar-refractivity contribution in [2.24, 2.45) is 0 Å². The van der Waals surface area contributed by atoms with E-state index in [1.54, 1.807) is 21.3 Å². The number of hydrogen-bond acceptors (Lipinski definition) is 5. The van der Waals surface area contributed by atoms with Gasteiger partial charge in [0.25, 0.3) is 0 Å². The summed E-state index contributed by atoms with van der Waals surface area (Å²) in [5.41, 5.74) is 3.24. The standard InChI is InChI=1S/C20H26O5Si/c1-20(18-8-6-5-7-9-18)24-15-17-14-16(10-11-19(17)25-20)12-13-26(21-2,22-3)23-4/h5-11,14H,12-13,15H2,1-4H3. The van der Waals surface area contributed by atoms with Gasteiger partial charge in [0, 0.05) is 45.4 Å². The molecule has 2 aromatic carbocycles. The fourth-order valence-corrected chi connectivity index (χ4v) is 4.90. The molecule has 6 heteroatoms. The molecule has 0 spiro atoms. The smallest absolute Gasteiger partial charge is 0.458 e. The SMILES string of the molecule is CO[Si](CCc1ccc2c(c1)COC(C)(c1ccccc1)O2)(OC)OC. The van der Waals surface area contributed by atoms with Gasteiger partial charge in [-0.15, -0.1) is 0 Å². The van der Waals surface area contributed by atoms with Crippen LogP contribution in [0.4, 0.5) is 0 Å². The molecule has 0 aliphatic carbocycles. The molecule has 0 amide bonds. The van der Waals surface area contributed by atoms with Crippen LogP contribution in [0.2, 0.25) is 6.04 Å². The summed E-state index contributed by atoms with van der Waals surface area (Å²) in [5.74, 6) is 0.0973. The first-order valence-electron chi connectivity index (χ1n) is 8.70. The molecular weight excluding hydrogens is 348 g/mol. The van der Waals surface area contributed by atoms with E-state index in [1.807, 2.05) is 43.3 Å². The zero-order valence-electron chi connectivity index (χ0n) is 15.8. The van der Waals surface area contributed by atoms with Crippen molar-refractivity contribution in [2.75, 3.05) is 21.3 Å². The molecule has 5 nitrogen and oxygen atoms in total. The lowest BCUT2D eigenvalue weighted by Gasteiger charge is -2.36. The molecule has 1 aliphatic rings. The molecule has 0 saturated carbocycles. The van der Waals surface area contributed by atoms with Gasteiger partial charge in [-0.1, -0.05) is 36.4 Å². The number of hydrogen-bond donors (Lipinski definition) is 0. The first kappa shape index (κ1) is 19.1. The average Bonchev–Trinajstić information content (AvgIpc) is 2.70. The van der Waals surface area contributed by atoms with Gasteiger partial charge in [0.1, 0.15) is 5.75 Å². The largest absolute Gasteiger partial charge is 0.500 e. The summed E-state index contributed by atoms with van der Waals surface area (Å²) in [7, 11) is 2.35. The first-order valence-corrected chi connectivity index (χ1v) is 10.6. The van der Waals surface area contributed by atoms with E-state index in [-0.39, 0.29) is 0 Å². The Morgan fingerprint density at radius 2 is 1.69 bits per heavy atom. The molecule has 0 fully saturated rings. The van der Waals surface area contributed by atoms with Crippen molar-refractivity contribution in [3.63, 3.8) is 0 Å². The Kier molecular flexibility index (Phi) is 5.79. The van der Waals surface area contributed by atoms with E-state index in [0.717, 1.165) is 29.3 Å². The zero-order valence-corrected chi connectivity index (χ0v) is 16.8. The first-order chi connectivity index (χ1) is 12.5. The summed E-state index contributed by atoms with van der Waals surface area (Å²) in [6.07, 6.45) is 0.810. The second-order valence-electron chi connectivity index (χ2n) is 6.44. The van der Waals surface area contributed by atoms with Gasteiger partial charge in [-0.05, 0) is 24.1 Å². The van der Waals surface area contributed by atoms with E-state index in [4.69, 9.17) is 22.8 Å². The lowest BCUT2D eigenvalue weighted by Crippen LogP contribution is -2.43. The Bertz CT molecular complexity index is 724. The predicted molar refractivity (Wildman–Crippen MR) is 101 cm³/mol. The third kappa shape index (κ3) is 3.84. The van der Waals surface area contributed by atoms with Crippen LogP contribution in [0, 0.1) is 0 Å². The van der Waals surface area contributed by atoms with E-state index in [0.29, 0.717) is 6.61 Å². The van der Waals surface area contributed by atoms with Crippen LogP contribution in [-0.4, -0.2) is 30.1 Å². The Hall–Kier alpha value is -1.70. The van der Waals surface area contributed by atoms with E-state index in [1.165, 1.54) is 5.56 Å². The van der Waals surface area contributed by atoms with Gasteiger partial charge < -0.3 is 22.8 Å². The monoisotopic (exact) mass is 374 g/mol. The summed E-state index contributed by atoms with van der Waals surface area (Å²) in [5, 5.41) is 0. The van der Waals surface area contributed by atoms with Crippen LogP contribution in [-0.2, 0) is 36.8 Å². The summed E-state index contributed by atoms with van der Waals surface area (Å²) >= 11 is 0. The Morgan fingerprint density at radius 3 is 2.35 bits per heavy atom. The van der Waals surface area contributed by atoms with Crippen molar-refractivity contribution >= 4 is 8.80 Å². The van der Waals surface area contributed by atoms with Crippen LogP contribution in [0.15, 0.2) is 48.5 Å². The van der Waals surface area contributed by atoms with Crippen LogP contribution >= 0.6 is 0 Å². The molecule has 0 aromatic heterocycles. The molecule has 1 aliphatic heterocycles. The normalized spacial score (nSPS) is 19.7. The second-order valence-corrected chi connectivity index (χ2v) is 9.53. The number of rotatable bonds is 7. The van der Waals surface area contributed by atoms with Crippen molar-refractivity contribution in [1.82, 2.24) is 0 Å². The van der Waals surface area contributed by atoms with Gasteiger partial charge in [0.15, 0.2) is 0 Å². The quantitative estimate of drug-likeness (QED) is 0.688. The molecular formula is C20H26O5Si. The maximum absolute atomic E-state index is 6.18. The highest BCUT2D eigenvalue weighted by molar-refractivity contribution is 6.60. The molecule has 0 radical (unpaired) electrons. The molecule has 1 atom stereocenters. The van der Waals surface area contributed by atoms with Crippen molar-refractivity contribution in [3.8, 4) is 5.75 Å². The fourth-order valence-electron chi connectivity index (χ4n) is 3.19. The van der Waals surface area contributed by atoms with Crippen LogP contribution in [0.3, 0.4) is 0 Å². The van der Waals surface area contributed by atoms with Gasteiger partial charge in [-0.25, -0.2) is 0 Å². The van der Waals surface area contributed by atoms with Crippen molar-refractivity contribution in [1.29, 1.82) is 0 Å². The Labute approximate surface area is 156 Å². The van der Waals surface area contributed by atoms with Gasteiger partial charge in [0.2, 0.25) is 5.79 Å². The maximum Gasteiger partial charge on any atom is 0.500 e. The van der Waals surface area contributed by atoms with E-state index in [9.17, 15) is 0 Å². The topological polar surface area (TPSA) is 46.2 Å². The zero-order chi connectivity index (χ0) is 18.6. The summed E-state index contributed by atoms with van der Waals surface area (Å²) in [6.45, 7) is 2.46. The molecule has 0 bridgehead atoms. The fraction of sp³-hybridized carbons (Fsp3) is 0.400. The van der Waals surface area contributed by atoms with Crippen LogP contribution in [0.25, 0.3) is 0 Å². The van der Waals surface area contributed by atoms with Gasteiger partial charge >= 0.3 is 8.80 Å². The minimum Gasteiger partial charge on any atom is -0.458 e. The van der Waals surface area contributed by atoms with E-state index in [2.05, 4.69) is 12.1 Å². The molecule has 0 N–H and O–H groups in total. The van der Waals surface area contributed by atoms with Crippen molar-refractivity contribution < 1.29 is 22.8 Å². The van der Waals surface area contributed by atoms with Crippen molar-refractivity contribution in [3.05, 3.63) is 65.2 Å². The third-order valence-electron chi connectivity index (χ3n) is 4.88. The lowest BCUT2D eigenvalue weighted by molar-refractivity contribution is -0.201. The number of benzene rings is 2. The number of ether oxygens (including phenoxy) is 2. The Morgan fingerprint density at radius 1 is 1.00 bits per heavy atom. The highest BCUT2D eigenvalue weighted by atomic mass is 28.4. The van der Waals surface area contributed by atoms with Crippen LogP contribution in [0.5, 0.6) is 5.75 Å². The minimum atomic E-state index is -2.57. The molecule has 26 heavy (non-hydrogen) atoms.